The van der Waals surface area contributed by atoms with Crippen LogP contribution in [0, 0.1) is 0 Å². The maximum Gasteiger partial charge on any atom is 0.263 e. The molecule has 2 aliphatic heterocycles. The van der Waals surface area contributed by atoms with E-state index < -0.39 is 11.5 Å². The minimum Gasteiger partial charge on any atom is -0.480 e. The number of amides is 2. The molecule has 2 fully saturated rings. The number of pyridine rings is 4. The quantitative estimate of drug-likeness (QED) is 0.0962. The van der Waals surface area contributed by atoms with Gasteiger partial charge < -0.3 is 50.3 Å². The van der Waals surface area contributed by atoms with Gasteiger partial charge in [0.15, 0.2) is 0 Å². The van der Waals surface area contributed by atoms with Gasteiger partial charge in [-0.25, -0.2) is 4.98 Å². The molecule has 6 aromatic rings. The van der Waals surface area contributed by atoms with E-state index >= 15 is 0 Å². The van der Waals surface area contributed by atoms with Crippen LogP contribution in [0.25, 0.3) is 0 Å². The lowest BCUT2D eigenvalue weighted by atomic mass is 10.1. The number of aromatic amines is 1. The molecule has 0 saturated carbocycles. The summed E-state index contributed by atoms with van der Waals surface area (Å²) in [5.74, 6) is -0.514. The van der Waals surface area contributed by atoms with Crippen molar-refractivity contribution in [3.8, 4) is 5.88 Å². The number of morpholine rings is 2. The lowest BCUT2D eigenvalue weighted by Crippen LogP contribution is -2.36. The smallest absolute Gasteiger partial charge is 0.263 e. The standard InChI is InChI=1S/C23H25N5O3.C22H23N5O3/c1-30-23-21(20(8-10-25-23)26-16-18-5-2-3-9-24-18)22(29)27-17-6-4-7-19(15-17)28-11-13-31-14-12-28;28-21-20(19(7-9-24-21)25-15-17-4-1-2-8-23-17)22(29)26-16-5-3-6-18(14-16)27-10-12-30-13-11-27/h2-10,15H,11-14,16H2,1H3,(H,25,26)(H,27,29);1-9,14H,10-13,15H2,(H,26,29)(H2,24,25,28). The van der Waals surface area contributed by atoms with Crippen molar-refractivity contribution in [2.45, 2.75) is 13.1 Å². The van der Waals surface area contributed by atoms with Crippen LogP contribution in [0.15, 0.2) is 127 Å². The van der Waals surface area contributed by atoms with Crippen molar-refractivity contribution in [3.63, 3.8) is 0 Å². The Bertz CT molecular complexity index is 2420. The first-order valence-electron chi connectivity index (χ1n) is 20.0. The third kappa shape index (κ3) is 11.5. The highest BCUT2D eigenvalue weighted by Gasteiger charge is 2.21. The number of nitrogens with one attached hydrogen (secondary N) is 5. The molecule has 16 heteroatoms. The molecule has 4 aromatic heterocycles. The third-order valence-electron chi connectivity index (χ3n) is 9.86. The van der Waals surface area contributed by atoms with Crippen molar-refractivity contribution in [1.82, 2.24) is 19.9 Å². The van der Waals surface area contributed by atoms with Gasteiger partial charge in [-0.1, -0.05) is 24.3 Å². The molecule has 0 bridgehead atoms. The molecule has 0 spiro atoms. The van der Waals surface area contributed by atoms with Crippen molar-refractivity contribution < 1.29 is 23.8 Å². The van der Waals surface area contributed by atoms with Crippen LogP contribution in [0.1, 0.15) is 32.1 Å². The summed E-state index contributed by atoms with van der Waals surface area (Å²) >= 11 is 0. The maximum absolute atomic E-state index is 13.2. The highest BCUT2D eigenvalue weighted by Crippen LogP contribution is 2.28. The summed E-state index contributed by atoms with van der Waals surface area (Å²) < 4.78 is 16.2. The first-order chi connectivity index (χ1) is 29.9. The Morgan fingerprint density at radius 3 is 1.67 bits per heavy atom. The summed E-state index contributed by atoms with van der Waals surface area (Å²) in [6.07, 6.45) is 6.55. The zero-order valence-corrected chi connectivity index (χ0v) is 33.8. The molecule has 0 unspecified atom stereocenters. The van der Waals surface area contributed by atoms with E-state index in [2.05, 4.69) is 51.0 Å². The number of anilines is 6. The second-order valence-electron chi connectivity index (χ2n) is 13.9. The van der Waals surface area contributed by atoms with Gasteiger partial charge in [0.25, 0.3) is 17.4 Å². The van der Waals surface area contributed by atoms with E-state index in [1.165, 1.54) is 13.3 Å². The number of aromatic nitrogens is 4. The monoisotopic (exact) mass is 824 g/mol. The molecule has 6 heterocycles. The summed E-state index contributed by atoms with van der Waals surface area (Å²) in [4.78, 5) is 58.3. The van der Waals surface area contributed by atoms with Crippen LogP contribution in [-0.2, 0) is 22.6 Å². The van der Waals surface area contributed by atoms with E-state index in [0.29, 0.717) is 67.8 Å². The van der Waals surface area contributed by atoms with Crippen LogP contribution >= 0.6 is 0 Å². The predicted molar refractivity (Wildman–Crippen MR) is 236 cm³/mol. The zero-order chi connectivity index (χ0) is 42.2. The van der Waals surface area contributed by atoms with Gasteiger partial charge in [0.2, 0.25) is 5.88 Å². The Labute approximate surface area is 353 Å². The number of nitrogens with zero attached hydrogens (tertiary/aromatic N) is 5. The van der Waals surface area contributed by atoms with Crippen LogP contribution in [0.2, 0.25) is 0 Å². The summed E-state index contributed by atoms with van der Waals surface area (Å²) in [5, 5.41) is 12.2. The van der Waals surface area contributed by atoms with Gasteiger partial charge in [-0.15, -0.1) is 0 Å². The van der Waals surface area contributed by atoms with Gasteiger partial charge in [-0.05, 0) is 72.8 Å². The molecule has 5 N–H and O–H groups in total. The Morgan fingerprint density at radius 2 is 1.16 bits per heavy atom. The number of carbonyl (C=O) groups excluding carboxylic acids is 2. The lowest BCUT2D eigenvalue weighted by Gasteiger charge is -2.29. The van der Waals surface area contributed by atoms with Gasteiger partial charge in [-0.3, -0.25) is 24.4 Å². The number of hydrogen-bond donors (Lipinski definition) is 5. The SMILES string of the molecule is COc1nccc(NCc2ccccn2)c1C(=O)Nc1cccc(N2CCOCC2)c1.O=C(Nc1cccc(N2CCOCC2)c1)c1c(NCc2ccccn2)cc[nH]c1=O. The molecule has 61 heavy (non-hydrogen) atoms. The second-order valence-corrected chi connectivity index (χ2v) is 13.9. The van der Waals surface area contributed by atoms with E-state index in [-0.39, 0.29) is 17.4 Å². The molecule has 2 amide bonds. The van der Waals surface area contributed by atoms with E-state index in [1.54, 1.807) is 36.8 Å². The van der Waals surface area contributed by atoms with Gasteiger partial charge in [0.1, 0.15) is 11.1 Å². The minimum absolute atomic E-state index is 0.0326. The van der Waals surface area contributed by atoms with Gasteiger partial charge >= 0.3 is 0 Å². The van der Waals surface area contributed by atoms with Crippen LogP contribution in [0.3, 0.4) is 0 Å². The van der Waals surface area contributed by atoms with Crippen molar-refractivity contribution in [2.24, 2.45) is 0 Å². The first-order valence-corrected chi connectivity index (χ1v) is 20.0. The molecular weight excluding hydrogens is 777 g/mol. The van der Waals surface area contributed by atoms with Crippen molar-refractivity contribution in [1.29, 1.82) is 0 Å². The lowest BCUT2D eigenvalue weighted by molar-refractivity contribution is 0.101. The molecule has 16 nitrogen and oxygen atoms in total. The van der Waals surface area contributed by atoms with E-state index in [1.807, 2.05) is 78.9 Å². The summed E-state index contributed by atoms with van der Waals surface area (Å²) in [6.45, 7) is 6.91. The van der Waals surface area contributed by atoms with Gasteiger partial charge in [0, 0.05) is 73.7 Å². The first kappa shape index (κ1) is 41.8. The Hall–Kier alpha value is -7.30. The number of hydrogen-bond acceptors (Lipinski definition) is 13. The van der Waals surface area contributed by atoms with E-state index in [0.717, 1.165) is 48.9 Å². The molecule has 314 valence electrons. The normalized spacial score (nSPS) is 13.6. The highest BCUT2D eigenvalue weighted by molar-refractivity contribution is 6.10. The van der Waals surface area contributed by atoms with Gasteiger partial charge in [-0.2, -0.15) is 0 Å². The zero-order valence-electron chi connectivity index (χ0n) is 33.8. The molecule has 8 rings (SSSR count). The number of H-pyrrole nitrogens is 1. The minimum atomic E-state index is -0.473. The topological polar surface area (TPSA) is 188 Å². The average molecular weight is 825 g/mol. The maximum atomic E-state index is 13.2. The summed E-state index contributed by atoms with van der Waals surface area (Å²) in [5.41, 5.74) is 6.05. The number of benzene rings is 2. The predicted octanol–water partition coefficient (Wildman–Crippen LogP) is 5.66. The van der Waals surface area contributed by atoms with Crippen LogP contribution in [-0.4, -0.2) is 91.5 Å². The van der Waals surface area contributed by atoms with Crippen molar-refractivity contribution in [3.05, 3.63) is 155 Å². The third-order valence-corrected chi connectivity index (χ3v) is 9.86. The van der Waals surface area contributed by atoms with Crippen LogP contribution in [0.4, 0.5) is 34.1 Å². The highest BCUT2D eigenvalue weighted by atomic mass is 16.5. The van der Waals surface area contributed by atoms with Crippen LogP contribution < -0.4 is 41.4 Å². The Morgan fingerprint density at radius 1 is 0.639 bits per heavy atom. The van der Waals surface area contributed by atoms with Gasteiger partial charge in [0.05, 0.1) is 69.4 Å². The molecule has 2 aliphatic rings. The molecule has 0 radical (unpaired) electrons. The second kappa shape index (κ2) is 21.1. The summed E-state index contributed by atoms with van der Waals surface area (Å²) in [7, 11) is 1.50. The number of methoxy groups -OCH3 is 1. The Balaban J connectivity index is 0.000000184. The van der Waals surface area contributed by atoms with Crippen molar-refractivity contribution >= 4 is 45.9 Å². The van der Waals surface area contributed by atoms with Crippen molar-refractivity contribution in [2.75, 3.05) is 90.8 Å². The molecule has 0 aliphatic carbocycles. The largest absolute Gasteiger partial charge is 0.480 e. The fourth-order valence-electron chi connectivity index (χ4n) is 6.78. The number of ether oxygens (including phenoxy) is 3. The molecule has 2 saturated heterocycles. The molecule has 2 aromatic carbocycles. The fourth-order valence-corrected chi connectivity index (χ4v) is 6.78. The molecular formula is C45H48N10O6. The fraction of sp³-hybridized carbons (Fsp3) is 0.244. The van der Waals surface area contributed by atoms with Crippen LogP contribution in [0.5, 0.6) is 5.88 Å². The average Bonchev–Trinajstić information content (AvgIpc) is 3.31. The molecule has 0 atom stereocenters. The van der Waals surface area contributed by atoms with E-state index in [4.69, 9.17) is 14.2 Å². The number of rotatable bonds is 13. The summed E-state index contributed by atoms with van der Waals surface area (Å²) in [6, 6.07) is 30.1. The Kier molecular flexibility index (Phi) is 14.5. The number of carbonyl (C=O) groups is 2. The van der Waals surface area contributed by atoms with E-state index in [9.17, 15) is 14.4 Å².